The monoisotopic (exact) mass is 265 g/mol. The molecule has 106 valence electrons. The first kappa shape index (κ1) is 14.0. The summed E-state index contributed by atoms with van der Waals surface area (Å²) in [4.78, 5) is 16.7. The van der Waals surface area contributed by atoms with Gasteiger partial charge in [0.1, 0.15) is 11.2 Å². The smallest absolute Gasteiger partial charge is 0.319 e. The maximum Gasteiger partial charge on any atom is 0.319 e. The number of hydrogen-bond acceptors (Lipinski definition) is 4. The normalized spacial score (nSPS) is 16.8. The topological polar surface area (TPSA) is 57.0 Å². The first-order chi connectivity index (χ1) is 8.96. The lowest BCUT2D eigenvalue weighted by molar-refractivity contribution is -0.149. The van der Waals surface area contributed by atoms with Gasteiger partial charge in [0.05, 0.1) is 6.61 Å². The quantitative estimate of drug-likeness (QED) is 0.784. The second-order valence-electron chi connectivity index (χ2n) is 5.74. The number of ether oxygens (including phenoxy) is 1. The van der Waals surface area contributed by atoms with Crippen molar-refractivity contribution in [1.29, 1.82) is 0 Å². The van der Waals surface area contributed by atoms with Crippen LogP contribution in [0.1, 0.15) is 64.0 Å². The summed E-state index contributed by atoms with van der Waals surface area (Å²) in [7, 11) is 1.85. The van der Waals surface area contributed by atoms with E-state index >= 15 is 0 Å². The van der Waals surface area contributed by atoms with E-state index in [1.165, 1.54) is 12.8 Å². The Kier molecular flexibility index (Phi) is 3.92. The molecular formula is C14H23N3O2. The fraction of sp³-hybridized carbons (Fsp3) is 0.786. The molecule has 0 saturated heterocycles. The van der Waals surface area contributed by atoms with Crippen LogP contribution in [0.4, 0.5) is 0 Å². The number of esters is 1. The predicted molar refractivity (Wildman–Crippen MR) is 71.9 cm³/mol. The fourth-order valence-electron chi connectivity index (χ4n) is 2.71. The van der Waals surface area contributed by atoms with Gasteiger partial charge >= 0.3 is 5.97 Å². The molecule has 0 spiro atoms. The summed E-state index contributed by atoms with van der Waals surface area (Å²) in [6.45, 7) is 5.88. The third kappa shape index (κ3) is 2.65. The zero-order chi connectivity index (χ0) is 14.0. The largest absolute Gasteiger partial charge is 0.465 e. The van der Waals surface area contributed by atoms with E-state index in [-0.39, 0.29) is 5.97 Å². The van der Waals surface area contributed by atoms with Crippen LogP contribution in [0.15, 0.2) is 0 Å². The van der Waals surface area contributed by atoms with Gasteiger partial charge in [0, 0.05) is 13.0 Å². The highest BCUT2D eigenvalue weighted by molar-refractivity contribution is 5.81. The molecular weight excluding hydrogens is 242 g/mol. The van der Waals surface area contributed by atoms with Crippen molar-refractivity contribution in [3.8, 4) is 0 Å². The molecule has 1 heterocycles. The van der Waals surface area contributed by atoms with Crippen molar-refractivity contribution in [3.63, 3.8) is 0 Å². The molecule has 1 aliphatic rings. The minimum absolute atomic E-state index is 0.247. The average molecular weight is 265 g/mol. The van der Waals surface area contributed by atoms with Gasteiger partial charge in [-0.1, -0.05) is 12.8 Å². The molecule has 1 aliphatic carbocycles. The summed E-state index contributed by atoms with van der Waals surface area (Å²) >= 11 is 0. The van der Waals surface area contributed by atoms with Crippen molar-refractivity contribution in [1.82, 2.24) is 14.8 Å². The highest BCUT2D eigenvalue weighted by Crippen LogP contribution is 2.33. The lowest BCUT2D eigenvalue weighted by Gasteiger charge is -2.20. The summed E-state index contributed by atoms with van der Waals surface area (Å²) in [6, 6.07) is 0. The van der Waals surface area contributed by atoms with Crippen LogP contribution >= 0.6 is 0 Å². The van der Waals surface area contributed by atoms with Crippen molar-refractivity contribution >= 4 is 5.97 Å². The minimum Gasteiger partial charge on any atom is -0.465 e. The molecule has 1 saturated carbocycles. The molecule has 0 unspecified atom stereocenters. The van der Waals surface area contributed by atoms with E-state index in [4.69, 9.17) is 4.74 Å². The van der Waals surface area contributed by atoms with Gasteiger partial charge in [0.15, 0.2) is 5.82 Å². The van der Waals surface area contributed by atoms with Crippen LogP contribution in [-0.4, -0.2) is 27.3 Å². The highest BCUT2D eigenvalue weighted by atomic mass is 16.5. The van der Waals surface area contributed by atoms with Gasteiger partial charge in [-0.2, -0.15) is 5.10 Å². The molecule has 1 fully saturated rings. The van der Waals surface area contributed by atoms with Gasteiger partial charge < -0.3 is 4.74 Å². The van der Waals surface area contributed by atoms with Gasteiger partial charge in [-0.25, -0.2) is 4.98 Å². The molecule has 1 aromatic rings. The number of rotatable bonds is 4. The van der Waals surface area contributed by atoms with E-state index in [0.717, 1.165) is 18.7 Å². The maximum atomic E-state index is 12.0. The number of carbonyl (C=O) groups is 1. The summed E-state index contributed by atoms with van der Waals surface area (Å²) in [5.41, 5.74) is -0.755. The number of aryl methyl sites for hydroxylation is 1. The van der Waals surface area contributed by atoms with Crippen LogP contribution in [-0.2, 0) is 22.0 Å². The van der Waals surface area contributed by atoms with E-state index < -0.39 is 5.41 Å². The predicted octanol–water partition coefficient (Wildman–Crippen LogP) is 2.31. The van der Waals surface area contributed by atoms with Gasteiger partial charge in [-0.05, 0) is 33.6 Å². The van der Waals surface area contributed by atoms with Crippen molar-refractivity contribution in [2.75, 3.05) is 6.61 Å². The van der Waals surface area contributed by atoms with Crippen molar-refractivity contribution in [3.05, 3.63) is 11.6 Å². The van der Waals surface area contributed by atoms with Crippen LogP contribution in [0.25, 0.3) is 0 Å². The Bertz CT molecular complexity index is 459. The van der Waals surface area contributed by atoms with Crippen LogP contribution in [0, 0.1) is 0 Å². The maximum absolute atomic E-state index is 12.0. The highest BCUT2D eigenvalue weighted by Gasteiger charge is 2.37. The van der Waals surface area contributed by atoms with Gasteiger partial charge in [-0.15, -0.1) is 0 Å². The van der Waals surface area contributed by atoms with E-state index in [1.54, 1.807) is 4.68 Å². The van der Waals surface area contributed by atoms with E-state index in [9.17, 15) is 4.79 Å². The molecule has 0 bridgehead atoms. The first-order valence-electron chi connectivity index (χ1n) is 7.05. The Hall–Kier alpha value is -1.39. The molecule has 0 aromatic carbocycles. The lowest BCUT2D eigenvalue weighted by atomic mass is 9.92. The third-order valence-electron chi connectivity index (χ3n) is 3.84. The molecule has 5 heteroatoms. The van der Waals surface area contributed by atoms with E-state index in [2.05, 4.69) is 10.1 Å². The SMILES string of the molecule is CCOC(=O)C(C)(C)c1nc(C2CCCC2)nn1C. The summed E-state index contributed by atoms with van der Waals surface area (Å²) in [5, 5.41) is 4.50. The third-order valence-corrected chi connectivity index (χ3v) is 3.84. The Morgan fingerprint density at radius 1 is 1.42 bits per heavy atom. The molecule has 1 aromatic heterocycles. The number of hydrogen-bond donors (Lipinski definition) is 0. The van der Waals surface area contributed by atoms with Gasteiger partial charge in [0.25, 0.3) is 0 Å². The standard InChI is InChI=1S/C14H23N3O2/c1-5-19-13(18)14(2,3)12-15-11(16-17(12)4)10-8-6-7-9-10/h10H,5-9H2,1-4H3. The Morgan fingerprint density at radius 3 is 2.63 bits per heavy atom. The first-order valence-corrected chi connectivity index (χ1v) is 7.05. The molecule has 0 atom stereocenters. The van der Waals surface area contributed by atoms with Crippen molar-refractivity contribution in [2.45, 2.75) is 57.8 Å². The molecule has 19 heavy (non-hydrogen) atoms. The van der Waals surface area contributed by atoms with Crippen LogP contribution in [0.3, 0.4) is 0 Å². The second-order valence-corrected chi connectivity index (χ2v) is 5.74. The zero-order valence-corrected chi connectivity index (χ0v) is 12.3. The fourth-order valence-corrected chi connectivity index (χ4v) is 2.71. The summed E-state index contributed by atoms with van der Waals surface area (Å²) < 4.78 is 6.86. The minimum atomic E-state index is -0.755. The number of nitrogens with zero attached hydrogens (tertiary/aromatic N) is 3. The van der Waals surface area contributed by atoms with Crippen molar-refractivity contribution < 1.29 is 9.53 Å². The Morgan fingerprint density at radius 2 is 2.05 bits per heavy atom. The van der Waals surface area contributed by atoms with E-state index in [1.807, 2.05) is 27.8 Å². The Labute approximate surface area is 114 Å². The molecule has 0 amide bonds. The molecule has 2 rings (SSSR count). The van der Waals surface area contributed by atoms with Gasteiger partial charge in [0.2, 0.25) is 0 Å². The average Bonchev–Trinajstić information content (AvgIpc) is 2.97. The summed E-state index contributed by atoms with van der Waals surface area (Å²) in [5.74, 6) is 1.78. The van der Waals surface area contributed by atoms with Crippen LogP contribution < -0.4 is 0 Å². The van der Waals surface area contributed by atoms with Crippen LogP contribution in [0.2, 0.25) is 0 Å². The molecule has 0 radical (unpaired) electrons. The summed E-state index contributed by atoms with van der Waals surface area (Å²) in [6.07, 6.45) is 4.81. The van der Waals surface area contributed by atoms with Crippen LogP contribution in [0.5, 0.6) is 0 Å². The van der Waals surface area contributed by atoms with Gasteiger partial charge in [-0.3, -0.25) is 9.48 Å². The van der Waals surface area contributed by atoms with Crippen molar-refractivity contribution in [2.24, 2.45) is 7.05 Å². The molecule has 0 aliphatic heterocycles. The van der Waals surface area contributed by atoms with E-state index in [0.29, 0.717) is 18.3 Å². The Balaban J connectivity index is 2.26. The second kappa shape index (κ2) is 5.31. The number of carbonyl (C=O) groups excluding carboxylic acids is 1. The molecule has 0 N–H and O–H groups in total. The lowest BCUT2D eigenvalue weighted by Crippen LogP contribution is -2.34. The number of aromatic nitrogens is 3. The molecule has 5 nitrogen and oxygen atoms in total. The zero-order valence-electron chi connectivity index (χ0n) is 12.3.